The molecule has 0 saturated heterocycles. The zero-order valence-corrected chi connectivity index (χ0v) is 15.3. The van der Waals surface area contributed by atoms with E-state index in [4.69, 9.17) is 0 Å². The molecule has 6 nitrogen and oxygen atoms in total. The first-order valence-corrected chi connectivity index (χ1v) is 10.3. The van der Waals surface area contributed by atoms with Gasteiger partial charge in [-0.1, -0.05) is 0 Å². The minimum absolute atomic E-state index is 5.55. The van der Waals surface area contributed by atoms with Gasteiger partial charge in [-0.05, 0) is 0 Å². The lowest BCUT2D eigenvalue weighted by molar-refractivity contribution is -0.382. The molecule has 0 atom stereocenters. The molecule has 0 heterocycles. The summed E-state index contributed by atoms with van der Waals surface area (Å²) >= 11 is 0. The standard InChI is InChI=1S/C7F15O6S3/c8-2(9,4(12,13)14)3(10,11)5(15,16)29(23,24)1(30(25,26)6(17,18)19)31(27,28)7(20,21)22/q-1. The van der Waals surface area contributed by atoms with Gasteiger partial charge >= 0.3 is 34.3 Å². The van der Waals surface area contributed by atoms with Gasteiger partial charge in [0.2, 0.25) is 0 Å². The molecule has 0 aromatic carbocycles. The smallest absolute Gasteiger partial charge is 0.254 e. The summed E-state index contributed by atoms with van der Waals surface area (Å²) in [5, 5.41) is -8.52. The molecule has 31 heavy (non-hydrogen) atoms. The number of halogens is 15. The normalized spacial score (nSPS) is 16.6. The van der Waals surface area contributed by atoms with Gasteiger partial charge in [-0.25, -0.2) is 0 Å². The van der Waals surface area contributed by atoms with Gasteiger partial charge in [-0.3, -0.25) is 25.3 Å². The first kappa shape index (κ1) is 29.8. The summed E-state index contributed by atoms with van der Waals surface area (Å²) < 4.78 is 249. The number of alkyl halides is 15. The molecule has 0 spiro atoms. The summed E-state index contributed by atoms with van der Waals surface area (Å²) in [6, 6.07) is 0. The van der Waals surface area contributed by atoms with Gasteiger partial charge in [0.1, 0.15) is 9.84 Å². The molecule has 0 unspecified atom stereocenters. The van der Waals surface area contributed by atoms with Crippen LogP contribution in [0.1, 0.15) is 0 Å². The molecule has 0 N–H and O–H groups in total. The third-order valence-electron chi connectivity index (χ3n) is 2.72. The lowest BCUT2D eigenvalue weighted by atomic mass is 10.1. The van der Waals surface area contributed by atoms with E-state index in [1.54, 1.807) is 0 Å². The number of sulfone groups is 3. The predicted molar refractivity (Wildman–Crippen MR) is 63.0 cm³/mol. The van der Waals surface area contributed by atoms with Crippen LogP contribution in [0.3, 0.4) is 0 Å². The van der Waals surface area contributed by atoms with Crippen molar-refractivity contribution >= 4 is 29.5 Å². The predicted octanol–water partition coefficient (Wildman–Crippen LogP) is 3.14. The van der Waals surface area contributed by atoms with E-state index < -0.39 is 67.7 Å². The molecule has 0 aliphatic rings. The lowest BCUT2D eigenvalue weighted by Gasteiger charge is -2.39. The van der Waals surface area contributed by atoms with E-state index in [2.05, 4.69) is 0 Å². The molecule has 0 radical (unpaired) electrons. The second-order valence-electron chi connectivity index (χ2n) is 4.82. The van der Waals surface area contributed by atoms with Gasteiger partial charge in [0, 0.05) is 0 Å². The van der Waals surface area contributed by atoms with Crippen molar-refractivity contribution in [2.45, 2.75) is 34.3 Å². The van der Waals surface area contributed by atoms with Crippen molar-refractivity contribution in [2.24, 2.45) is 0 Å². The van der Waals surface area contributed by atoms with Crippen molar-refractivity contribution < 1.29 is 91.1 Å². The van der Waals surface area contributed by atoms with E-state index >= 15 is 0 Å². The Morgan fingerprint density at radius 2 is 0.677 bits per heavy atom. The van der Waals surface area contributed by atoms with Crippen LogP contribution in [0, 0.1) is 3.91 Å². The Balaban J connectivity index is 7.58. The molecule has 24 heteroatoms. The van der Waals surface area contributed by atoms with Crippen molar-refractivity contribution in [1.29, 1.82) is 0 Å². The highest BCUT2D eigenvalue weighted by Gasteiger charge is 2.85. The first-order valence-electron chi connectivity index (χ1n) is 5.81. The van der Waals surface area contributed by atoms with Crippen LogP contribution in [0.15, 0.2) is 0 Å². The lowest BCUT2D eigenvalue weighted by Crippen LogP contribution is -2.65. The highest BCUT2D eigenvalue weighted by Crippen LogP contribution is 2.58. The van der Waals surface area contributed by atoms with Crippen molar-refractivity contribution in [2.75, 3.05) is 0 Å². The van der Waals surface area contributed by atoms with Crippen molar-refractivity contribution in [3.8, 4) is 0 Å². The van der Waals surface area contributed by atoms with Gasteiger partial charge in [0.05, 0.1) is 3.91 Å². The molecule has 0 aliphatic heterocycles. The van der Waals surface area contributed by atoms with Gasteiger partial charge in [-0.15, -0.1) is 0 Å². The molecule has 0 fully saturated rings. The molecule has 0 amide bonds. The number of hydrogen-bond acceptors (Lipinski definition) is 6. The average Bonchev–Trinajstić information content (AvgIpc) is 2.41. The van der Waals surface area contributed by atoms with Crippen LogP contribution < -0.4 is 0 Å². The zero-order valence-electron chi connectivity index (χ0n) is 12.8. The summed E-state index contributed by atoms with van der Waals surface area (Å²) in [7, 11) is -26.9. The highest BCUT2D eigenvalue weighted by molar-refractivity contribution is 8.29. The molecule has 0 aromatic heterocycles. The molecule has 0 rings (SSSR count). The van der Waals surface area contributed by atoms with E-state index in [9.17, 15) is 91.1 Å². The van der Waals surface area contributed by atoms with Crippen LogP contribution >= 0.6 is 0 Å². The number of rotatable bonds is 6. The Bertz CT molecular complexity index is 966. The second kappa shape index (κ2) is 7.15. The minimum atomic E-state index is -9.35. The van der Waals surface area contributed by atoms with Crippen LogP contribution in [0.4, 0.5) is 65.9 Å². The minimum Gasteiger partial charge on any atom is -0.254 e. The van der Waals surface area contributed by atoms with E-state index in [1.165, 1.54) is 0 Å². The molecule has 0 saturated carbocycles. The van der Waals surface area contributed by atoms with E-state index in [1.807, 2.05) is 0 Å². The fourth-order valence-electron chi connectivity index (χ4n) is 1.26. The Hall–Kier alpha value is -1.20. The fourth-order valence-corrected chi connectivity index (χ4v) is 7.54. The summed E-state index contributed by atoms with van der Waals surface area (Å²) in [6.07, 6.45) is -7.86. The topological polar surface area (TPSA) is 102 Å². The SMILES string of the molecule is O=S(=O)([C-](S(=O)(=O)C(F)(F)F)S(=O)(=O)C(F)(F)C(F)(F)C(F)(F)C(F)(F)F)C(F)(F)F. The molecule has 0 bridgehead atoms. The van der Waals surface area contributed by atoms with Gasteiger partial charge < -0.3 is 0 Å². The summed E-state index contributed by atoms with van der Waals surface area (Å²) in [6.45, 7) is 0. The second-order valence-corrected chi connectivity index (χ2v) is 11.3. The largest absolute Gasteiger partial charge is 0.470 e. The first-order chi connectivity index (χ1) is 12.9. The molecule has 0 aromatic rings. The van der Waals surface area contributed by atoms with Gasteiger partial charge in [0.25, 0.3) is 0 Å². The summed E-state index contributed by atoms with van der Waals surface area (Å²) in [5.41, 5.74) is -15.2. The van der Waals surface area contributed by atoms with Crippen LogP contribution in [0.2, 0.25) is 0 Å². The highest BCUT2D eigenvalue weighted by atomic mass is 32.3. The van der Waals surface area contributed by atoms with E-state index in [-0.39, 0.29) is 0 Å². The zero-order chi connectivity index (χ0) is 26.1. The van der Waals surface area contributed by atoms with Crippen molar-refractivity contribution in [3.63, 3.8) is 0 Å². The third kappa shape index (κ3) is 4.13. The van der Waals surface area contributed by atoms with Crippen LogP contribution in [0.25, 0.3) is 0 Å². The molecular weight excluding hydrogens is 561 g/mol. The maximum atomic E-state index is 13.5. The third-order valence-corrected chi connectivity index (χ3v) is 10.1. The average molecular weight is 561 g/mol. The molecule has 188 valence electrons. The fraction of sp³-hybridized carbons (Fsp3) is 0.857. The molecule has 0 aliphatic carbocycles. The van der Waals surface area contributed by atoms with Gasteiger partial charge in [0.15, 0.2) is 19.7 Å². The number of hydrogen-bond donors (Lipinski definition) is 0. The van der Waals surface area contributed by atoms with Crippen LogP contribution in [-0.2, 0) is 29.5 Å². The van der Waals surface area contributed by atoms with Gasteiger partial charge in [-0.2, -0.15) is 65.9 Å². The van der Waals surface area contributed by atoms with Crippen molar-refractivity contribution in [1.82, 2.24) is 0 Å². The Labute approximate surface area is 159 Å². The maximum absolute atomic E-state index is 13.5. The quantitative estimate of drug-likeness (QED) is 0.365. The van der Waals surface area contributed by atoms with E-state index in [0.29, 0.717) is 0 Å². The maximum Gasteiger partial charge on any atom is 0.470 e. The van der Waals surface area contributed by atoms with Crippen molar-refractivity contribution in [3.05, 3.63) is 3.91 Å². The van der Waals surface area contributed by atoms with E-state index in [0.717, 1.165) is 0 Å². The summed E-state index contributed by atoms with van der Waals surface area (Å²) in [5.74, 6) is -16.8. The Kier molecular flexibility index (Phi) is 6.87. The summed E-state index contributed by atoms with van der Waals surface area (Å²) in [4.78, 5) is 0. The Morgan fingerprint density at radius 3 is 0.871 bits per heavy atom. The Morgan fingerprint density at radius 1 is 0.419 bits per heavy atom. The van der Waals surface area contributed by atoms with Crippen LogP contribution in [0.5, 0.6) is 0 Å². The van der Waals surface area contributed by atoms with Crippen LogP contribution in [-0.4, -0.2) is 59.5 Å². The molecular formula is C7F15O6S3-. The monoisotopic (exact) mass is 561 g/mol.